The van der Waals surface area contributed by atoms with Crippen molar-refractivity contribution in [3.63, 3.8) is 0 Å². The zero-order valence-electron chi connectivity index (χ0n) is 52.3. The second-order valence-electron chi connectivity index (χ2n) is 27.3. The number of aromatic nitrogens is 2. The van der Waals surface area contributed by atoms with Gasteiger partial charge in [-0.15, -0.1) is 0 Å². The van der Waals surface area contributed by atoms with Crippen LogP contribution in [0.25, 0.3) is 71.8 Å². The van der Waals surface area contributed by atoms with Crippen molar-refractivity contribution in [2.75, 3.05) is 16.5 Å². The van der Waals surface area contributed by atoms with Crippen molar-refractivity contribution in [2.45, 2.75) is 131 Å². The summed E-state index contributed by atoms with van der Waals surface area (Å²) in [6, 6.07) is 56.1. The minimum Gasteiger partial charge on any atom is -0.457 e. The Kier molecular flexibility index (Phi) is 11.5. The fraction of sp³-hybridized carbons (Fsp3) is 0.284. The number of pyridine rings is 1. The Morgan fingerprint density at radius 1 is 0.463 bits per heavy atom. The number of rotatable bonds is 7. The summed E-state index contributed by atoms with van der Waals surface area (Å²) in [5.41, 5.74) is 17.0. The Hall–Kier alpha value is -8.09. The Balaban J connectivity index is 1.01. The van der Waals surface area contributed by atoms with E-state index >= 15 is 0 Å². The van der Waals surface area contributed by atoms with Crippen molar-refractivity contribution < 1.29 is 13.3 Å². The lowest BCUT2D eigenvalue weighted by Gasteiger charge is -2.31. The van der Waals surface area contributed by atoms with Crippen molar-refractivity contribution >= 4 is 66.5 Å². The highest BCUT2D eigenvalue weighted by atomic mass is 16.5. The van der Waals surface area contributed by atoms with E-state index in [9.17, 15) is 2.74 Å². The molecule has 0 saturated heterocycles. The van der Waals surface area contributed by atoms with Gasteiger partial charge in [0.05, 0.1) is 37.6 Å². The molecule has 8 aromatic carbocycles. The minimum atomic E-state index is -0.289. The number of furan rings is 1. The minimum absolute atomic E-state index is 0.0516. The van der Waals surface area contributed by atoms with Gasteiger partial charge in [-0.3, -0.25) is 4.57 Å². The third-order valence-electron chi connectivity index (χ3n) is 16.2. The van der Waals surface area contributed by atoms with Gasteiger partial charge >= 0.3 is 0 Å². The van der Waals surface area contributed by atoms with E-state index in [1.165, 1.54) is 44.5 Å². The smallest absolute Gasteiger partial charge is 0.145 e. The van der Waals surface area contributed by atoms with Crippen molar-refractivity contribution in [1.82, 2.24) is 9.55 Å². The highest BCUT2D eigenvalue weighted by Crippen LogP contribution is 2.52. The van der Waals surface area contributed by atoms with Gasteiger partial charge in [0.25, 0.3) is 0 Å². The summed E-state index contributed by atoms with van der Waals surface area (Å²) in [5, 5.41) is 2.92. The fourth-order valence-electron chi connectivity index (χ4n) is 11.4. The SMILES string of the molecule is [2H]c1cc(C(C)(C)C)cc(-n2c3cc(Oc4cccc(N5CN(c6c(-c7cc(C(C)(C)C)cc(C(C)(C)C)c7)cccc6-c6cc(C(C)(C)C)cc(C(C)(C)C)c6)c6ccccc65)c4)ccc3c3c4oc5ccccc5c4c([2H])c([2H])c32)n1. The number of fused-ring (bicyclic) bond motifs is 8. The molecular formula is C74H76N4O2. The molecule has 6 heteroatoms. The van der Waals surface area contributed by atoms with Crippen LogP contribution in [0.4, 0.5) is 22.7 Å². The molecule has 0 N–H and O–H groups in total. The van der Waals surface area contributed by atoms with Crippen LogP contribution in [-0.4, -0.2) is 16.2 Å². The van der Waals surface area contributed by atoms with Crippen LogP contribution in [-0.2, 0) is 27.1 Å². The molecule has 3 aromatic heterocycles. The number of ether oxygens (including phenoxy) is 1. The van der Waals surface area contributed by atoms with E-state index in [1.54, 1.807) is 6.07 Å². The first-order valence-electron chi connectivity index (χ1n) is 29.8. The molecule has 1 aliphatic heterocycles. The standard InChI is InChI=1S/C74H76N4O2/c1-70(2,3)48-34-35-75-66(42-48)78-63-33-32-59-58-24-16-19-29-65(58)80-69(59)67(63)60-31-30-55(44-64(60)78)79-54-23-20-22-53(43-54)76-45-77(62-28-18-17-27-61(62)76)68-56(46-36-49(71(4,5)6)40-50(37-46)72(7,8)9)25-21-26-57(68)47-38-51(73(10,11)12)41-52(39-47)74(13,14)15/h16-44H,45H2,1-15H3/i32D,33D,35D. The molecule has 0 aliphatic carbocycles. The quantitative estimate of drug-likeness (QED) is 0.159. The summed E-state index contributed by atoms with van der Waals surface area (Å²) in [4.78, 5) is 9.71. The molecular weight excluding hydrogens is 977 g/mol. The summed E-state index contributed by atoms with van der Waals surface area (Å²) in [7, 11) is 0. The zero-order chi connectivity index (χ0) is 59.0. The molecule has 0 saturated carbocycles. The second-order valence-corrected chi connectivity index (χ2v) is 27.3. The average molecular weight is 1060 g/mol. The van der Waals surface area contributed by atoms with Crippen molar-refractivity contribution in [2.24, 2.45) is 0 Å². The van der Waals surface area contributed by atoms with Crippen LogP contribution in [0.3, 0.4) is 0 Å². The van der Waals surface area contributed by atoms with Gasteiger partial charge in [0.1, 0.15) is 35.2 Å². The molecule has 11 aromatic rings. The first-order valence-corrected chi connectivity index (χ1v) is 28.3. The monoisotopic (exact) mass is 1060 g/mol. The summed E-state index contributed by atoms with van der Waals surface area (Å²) in [5.74, 6) is 1.72. The van der Waals surface area contributed by atoms with Crippen LogP contribution in [0, 0.1) is 0 Å². The number of anilines is 4. The molecule has 0 spiro atoms. The Labute approximate surface area is 477 Å². The number of para-hydroxylation sites is 4. The van der Waals surface area contributed by atoms with Crippen molar-refractivity contribution in [1.29, 1.82) is 0 Å². The van der Waals surface area contributed by atoms with Gasteiger partial charge in [0.2, 0.25) is 0 Å². The zero-order valence-corrected chi connectivity index (χ0v) is 49.3. The molecule has 0 fully saturated rings. The van der Waals surface area contributed by atoms with E-state index < -0.39 is 0 Å². The number of nitrogens with zero attached hydrogens (tertiary/aromatic N) is 4. The van der Waals surface area contributed by atoms with E-state index in [-0.39, 0.29) is 45.3 Å². The molecule has 1 aliphatic rings. The molecule has 404 valence electrons. The third-order valence-corrected chi connectivity index (χ3v) is 16.2. The fourth-order valence-corrected chi connectivity index (χ4v) is 11.4. The van der Waals surface area contributed by atoms with E-state index in [4.69, 9.17) is 15.5 Å². The lowest BCUT2D eigenvalue weighted by molar-refractivity contribution is 0.483. The van der Waals surface area contributed by atoms with Crippen LogP contribution < -0.4 is 14.5 Å². The average Bonchev–Trinajstić information content (AvgIpc) is 4.15. The summed E-state index contributed by atoms with van der Waals surface area (Å²) >= 11 is 0. The van der Waals surface area contributed by atoms with Crippen molar-refractivity contribution in [3.05, 3.63) is 204 Å². The highest BCUT2D eigenvalue weighted by molar-refractivity contribution is 6.24. The van der Waals surface area contributed by atoms with Gasteiger partial charge in [-0.05, 0) is 133 Å². The van der Waals surface area contributed by atoms with Crippen LogP contribution in [0.2, 0.25) is 0 Å². The summed E-state index contributed by atoms with van der Waals surface area (Å²) in [6.07, 6.45) is 0.115. The van der Waals surface area contributed by atoms with Gasteiger partial charge in [0, 0.05) is 51.3 Å². The van der Waals surface area contributed by atoms with Crippen LogP contribution >= 0.6 is 0 Å². The van der Waals surface area contributed by atoms with Crippen LogP contribution in [0.1, 0.15) is 136 Å². The lowest BCUT2D eigenvalue weighted by Crippen LogP contribution is -2.25. The largest absolute Gasteiger partial charge is 0.457 e. The van der Waals surface area contributed by atoms with Gasteiger partial charge in [-0.1, -0.05) is 195 Å². The number of hydrogen-bond donors (Lipinski definition) is 0. The first kappa shape index (κ1) is 49.0. The van der Waals surface area contributed by atoms with E-state index in [2.05, 4.69) is 211 Å². The van der Waals surface area contributed by atoms with Gasteiger partial charge < -0.3 is 19.0 Å². The summed E-state index contributed by atoms with van der Waals surface area (Å²) in [6.45, 7) is 34.6. The van der Waals surface area contributed by atoms with Gasteiger partial charge in [0.15, 0.2) is 0 Å². The Morgan fingerprint density at radius 2 is 1.01 bits per heavy atom. The normalized spacial score (nSPS) is 14.1. The topological polar surface area (TPSA) is 46.7 Å². The van der Waals surface area contributed by atoms with Crippen LogP contribution in [0.5, 0.6) is 11.5 Å². The maximum Gasteiger partial charge on any atom is 0.145 e. The molecule has 4 heterocycles. The molecule has 6 nitrogen and oxygen atoms in total. The number of hydrogen-bond acceptors (Lipinski definition) is 5. The first-order chi connectivity index (χ1) is 39.0. The maximum atomic E-state index is 9.67. The lowest BCUT2D eigenvalue weighted by atomic mass is 9.77. The molecule has 12 rings (SSSR count). The molecule has 0 radical (unpaired) electrons. The van der Waals surface area contributed by atoms with Crippen LogP contribution in [0.15, 0.2) is 180 Å². The number of benzene rings is 8. The predicted octanol–water partition coefficient (Wildman–Crippen LogP) is 20.9. The molecule has 80 heavy (non-hydrogen) atoms. The van der Waals surface area contributed by atoms with E-state index in [0.717, 1.165) is 44.6 Å². The Morgan fingerprint density at radius 3 is 1.61 bits per heavy atom. The van der Waals surface area contributed by atoms with E-state index in [0.29, 0.717) is 51.4 Å². The predicted molar refractivity (Wildman–Crippen MR) is 339 cm³/mol. The van der Waals surface area contributed by atoms with Gasteiger partial charge in [-0.2, -0.15) is 0 Å². The Bertz CT molecular complexity index is 4260. The second kappa shape index (κ2) is 18.8. The molecule has 0 bridgehead atoms. The molecule has 0 unspecified atom stereocenters. The molecule has 0 amide bonds. The molecule has 0 atom stereocenters. The third kappa shape index (κ3) is 9.40. The highest BCUT2D eigenvalue weighted by Gasteiger charge is 2.33. The van der Waals surface area contributed by atoms with E-state index in [1.807, 2.05) is 59.2 Å². The maximum absolute atomic E-state index is 9.67. The van der Waals surface area contributed by atoms with Gasteiger partial charge in [-0.25, -0.2) is 4.98 Å². The van der Waals surface area contributed by atoms with Crippen molar-refractivity contribution in [3.8, 4) is 39.6 Å². The summed E-state index contributed by atoms with van der Waals surface area (Å²) < 4.78 is 43.5.